The van der Waals surface area contributed by atoms with E-state index in [1.807, 2.05) is 20.8 Å². The third-order valence-electron chi connectivity index (χ3n) is 1.03. The Morgan fingerprint density at radius 3 is 2.30 bits per heavy atom. The molecule has 0 aliphatic rings. The van der Waals surface area contributed by atoms with Gasteiger partial charge < -0.3 is 8.74 Å². The van der Waals surface area contributed by atoms with Crippen molar-refractivity contribution in [2.45, 2.75) is 27.2 Å². The van der Waals surface area contributed by atoms with Crippen molar-refractivity contribution < 1.29 is 12.9 Å². The minimum Gasteiger partial charge on any atom is -0.750 e. The van der Waals surface area contributed by atoms with Crippen LogP contribution in [0.25, 0.3) is 0 Å². The molecule has 0 radical (unpaired) electrons. The molecule has 0 saturated carbocycles. The van der Waals surface area contributed by atoms with Crippen molar-refractivity contribution in [3.05, 3.63) is 0 Å². The minimum atomic E-state index is -2.35. The smallest absolute Gasteiger partial charge is 0.0842 e. The Kier molecular flexibility index (Phi) is 4.08. The number of hydrogen-bond donors (Lipinski definition) is 0. The van der Waals surface area contributed by atoms with E-state index in [4.69, 9.17) is 0 Å². The summed E-state index contributed by atoms with van der Waals surface area (Å²) in [5, 5.41) is 0. The summed E-state index contributed by atoms with van der Waals surface area (Å²) in [5.74, 6) is 0. The Bertz CT molecular complexity index is 117. The van der Waals surface area contributed by atoms with Crippen molar-refractivity contribution in [3.63, 3.8) is 0 Å². The Labute approximate surface area is 64.3 Å². The fraction of sp³-hybridized carbons (Fsp3) is 1.00. The highest BCUT2D eigenvalue weighted by Gasteiger charge is 2.08. The zero-order valence-corrected chi connectivity index (χ0v) is 7.36. The van der Waals surface area contributed by atoms with Gasteiger partial charge in [0.25, 0.3) is 0 Å². The molecule has 0 bridgehead atoms. The molecule has 0 amide bonds. The van der Waals surface area contributed by atoms with E-state index in [0.29, 0.717) is 0 Å². The van der Waals surface area contributed by atoms with Crippen LogP contribution in [0.2, 0.25) is 0 Å². The first-order chi connectivity index (χ1) is 4.42. The van der Waals surface area contributed by atoms with Crippen molar-refractivity contribution in [1.29, 1.82) is 0 Å². The summed E-state index contributed by atoms with van der Waals surface area (Å²) in [6.45, 7) is 6.37. The lowest BCUT2D eigenvalue weighted by Crippen LogP contribution is -2.10. The first kappa shape index (κ1) is 10.1. The maximum Gasteiger partial charge on any atom is 0.0842 e. The second-order valence-corrected chi connectivity index (χ2v) is 3.98. The molecule has 0 N–H and O–H groups in total. The zero-order valence-electron chi connectivity index (χ0n) is 6.55. The predicted octanol–water partition coefficient (Wildman–Crippen LogP) is 1.23. The monoisotopic (exact) mass is 165 g/mol. The van der Waals surface area contributed by atoms with Gasteiger partial charge in [0.1, 0.15) is 0 Å². The molecule has 0 heterocycles. The fourth-order valence-corrected chi connectivity index (χ4v) is 0.635. The average molecular weight is 165 g/mol. The molecular formula is C6H13O3S-. The van der Waals surface area contributed by atoms with Crippen LogP contribution in [0.4, 0.5) is 0 Å². The van der Waals surface area contributed by atoms with Crippen molar-refractivity contribution in [2.24, 2.45) is 5.41 Å². The van der Waals surface area contributed by atoms with Crippen LogP contribution in [0, 0.1) is 5.41 Å². The highest BCUT2D eigenvalue weighted by molar-refractivity contribution is 7.74. The topological polar surface area (TPSA) is 49.4 Å². The summed E-state index contributed by atoms with van der Waals surface area (Å²) in [6, 6.07) is 0. The quantitative estimate of drug-likeness (QED) is 0.591. The van der Waals surface area contributed by atoms with Crippen LogP contribution in [0.15, 0.2) is 0 Å². The second kappa shape index (κ2) is 4.05. The molecule has 0 aromatic heterocycles. The molecule has 10 heavy (non-hydrogen) atoms. The van der Waals surface area contributed by atoms with Crippen LogP contribution in [0.1, 0.15) is 27.2 Å². The van der Waals surface area contributed by atoms with E-state index in [2.05, 4.69) is 4.18 Å². The Balaban J connectivity index is 3.29. The van der Waals surface area contributed by atoms with Crippen LogP contribution in [-0.2, 0) is 15.5 Å². The molecule has 0 spiro atoms. The summed E-state index contributed by atoms with van der Waals surface area (Å²) in [5.41, 5.74) is 0.138. The van der Waals surface area contributed by atoms with E-state index in [1.165, 1.54) is 0 Å². The molecule has 0 aliphatic carbocycles. The molecular weight excluding hydrogens is 152 g/mol. The maximum absolute atomic E-state index is 9.86. The third-order valence-corrected chi connectivity index (χ3v) is 1.39. The number of rotatable bonds is 3. The van der Waals surface area contributed by atoms with Gasteiger partial charge in [0, 0.05) is 0 Å². The van der Waals surface area contributed by atoms with Gasteiger partial charge in [-0.2, -0.15) is 0 Å². The minimum absolute atomic E-state index is 0.138. The molecule has 3 nitrogen and oxygen atoms in total. The van der Waals surface area contributed by atoms with Crippen LogP contribution >= 0.6 is 0 Å². The van der Waals surface area contributed by atoms with Crippen molar-refractivity contribution in [2.75, 3.05) is 6.61 Å². The second-order valence-electron chi connectivity index (χ2n) is 3.34. The van der Waals surface area contributed by atoms with Gasteiger partial charge in [-0.3, -0.25) is 0 Å². The van der Waals surface area contributed by atoms with Gasteiger partial charge in [-0.25, -0.2) is 4.21 Å². The van der Waals surface area contributed by atoms with Crippen molar-refractivity contribution in [3.8, 4) is 0 Å². The van der Waals surface area contributed by atoms with E-state index in [1.54, 1.807) is 0 Å². The summed E-state index contributed by atoms with van der Waals surface area (Å²) in [7, 11) is 0. The lowest BCUT2D eigenvalue weighted by atomic mass is 9.93. The van der Waals surface area contributed by atoms with E-state index >= 15 is 0 Å². The first-order valence-corrected chi connectivity index (χ1v) is 4.14. The summed E-state index contributed by atoms with van der Waals surface area (Å²) in [6.07, 6.45) is 0.751. The molecule has 0 aliphatic heterocycles. The Morgan fingerprint density at radius 2 is 2.00 bits per heavy atom. The largest absolute Gasteiger partial charge is 0.750 e. The Morgan fingerprint density at radius 1 is 1.50 bits per heavy atom. The van der Waals surface area contributed by atoms with E-state index < -0.39 is 11.4 Å². The van der Waals surface area contributed by atoms with Gasteiger partial charge in [0.15, 0.2) is 0 Å². The highest BCUT2D eigenvalue weighted by Crippen LogP contribution is 2.17. The van der Waals surface area contributed by atoms with Crippen molar-refractivity contribution >= 4 is 11.4 Å². The molecule has 4 heteroatoms. The average Bonchev–Trinajstić information content (AvgIpc) is 1.59. The lowest BCUT2D eigenvalue weighted by Gasteiger charge is -2.17. The van der Waals surface area contributed by atoms with Gasteiger partial charge in [-0.15, -0.1) is 0 Å². The van der Waals surface area contributed by atoms with Crippen LogP contribution in [0.3, 0.4) is 0 Å². The number of hydrogen-bond acceptors (Lipinski definition) is 3. The summed E-state index contributed by atoms with van der Waals surface area (Å²) >= 11 is -2.35. The van der Waals surface area contributed by atoms with Crippen LogP contribution < -0.4 is 0 Å². The van der Waals surface area contributed by atoms with E-state index in [-0.39, 0.29) is 12.0 Å². The first-order valence-electron chi connectivity index (χ1n) is 3.14. The van der Waals surface area contributed by atoms with Crippen LogP contribution in [-0.4, -0.2) is 15.4 Å². The third kappa shape index (κ3) is 8.07. The zero-order chi connectivity index (χ0) is 8.20. The predicted molar refractivity (Wildman–Crippen MR) is 38.9 cm³/mol. The highest BCUT2D eigenvalue weighted by atomic mass is 32.2. The Hall–Kier alpha value is 0.0700. The molecule has 62 valence electrons. The van der Waals surface area contributed by atoms with Gasteiger partial charge in [0.05, 0.1) is 18.0 Å². The van der Waals surface area contributed by atoms with Crippen LogP contribution in [0.5, 0.6) is 0 Å². The molecule has 1 atom stereocenters. The SMILES string of the molecule is CC(C)(C)CCOS(=O)[O-]. The van der Waals surface area contributed by atoms with Gasteiger partial charge >= 0.3 is 0 Å². The maximum atomic E-state index is 9.86. The molecule has 0 fully saturated rings. The molecule has 0 aromatic carbocycles. The van der Waals surface area contributed by atoms with Gasteiger partial charge in [-0.1, -0.05) is 20.8 Å². The summed E-state index contributed by atoms with van der Waals surface area (Å²) in [4.78, 5) is 0. The molecule has 1 unspecified atom stereocenters. The van der Waals surface area contributed by atoms with Crippen molar-refractivity contribution in [1.82, 2.24) is 0 Å². The van der Waals surface area contributed by atoms with E-state index in [9.17, 15) is 8.76 Å². The van der Waals surface area contributed by atoms with E-state index in [0.717, 1.165) is 6.42 Å². The molecule has 0 rings (SSSR count). The molecule has 0 aromatic rings. The fourth-order valence-electron chi connectivity index (χ4n) is 0.416. The molecule has 0 saturated heterocycles. The summed E-state index contributed by atoms with van der Waals surface area (Å²) < 4.78 is 24.1. The normalized spacial score (nSPS) is 15.2. The standard InChI is InChI=1S/C6H14O3S/c1-6(2,3)4-5-9-10(7)8/h4-5H2,1-3H3,(H,7,8)/p-1. The van der Waals surface area contributed by atoms with Gasteiger partial charge in [0.2, 0.25) is 0 Å². The lowest BCUT2D eigenvalue weighted by molar-refractivity contribution is 0.239. The van der Waals surface area contributed by atoms with Gasteiger partial charge in [-0.05, 0) is 11.8 Å².